The Morgan fingerprint density at radius 2 is 1.56 bits per heavy atom. The summed E-state index contributed by atoms with van der Waals surface area (Å²) >= 11 is 0. The van der Waals surface area contributed by atoms with Gasteiger partial charge in [-0.05, 0) is 6.92 Å². The molecule has 1 heterocycles. The monoisotopic (exact) mass is 250 g/mol. The van der Waals surface area contributed by atoms with Crippen molar-refractivity contribution in [2.75, 3.05) is 21.3 Å². The first-order valence-electron chi connectivity index (χ1n) is 5.30. The van der Waals surface area contributed by atoms with Crippen LogP contribution in [-0.4, -0.2) is 31.5 Å². The first kappa shape index (κ1) is 12.2. The molecule has 0 aliphatic heterocycles. The minimum absolute atomic E-state index is 0.380. The van der Waals surface area contributed by atoms with E-state index in [-0.39, 0.29) is 0 Å². The van der Waals surface area contributed by atoms with Crippen LogP contribution in [0.4, 0.5) is 0 Å². The standard InChI is InChI=1S/C12H14N2O4/c1-7-13-12(18-14-7)8-5-10(16-3)11(17-4)6-9(8)15-2/h5-6H,1-4H3. The molecule has 0 amide bonds. The predicted octanol–water partition coefficient (Wildman–Crippen LogP) is 2.07. The van der Waals surface area contributed by atoms with E-state index in [0.29, 0.717) is 34.5 Å². The van der Waals surface area contributed by atoms with E-state index in [1.165, 1.54) is 0 Å². The van der Waals surface area contributed by atoms with Crippen LogP contribution >= 0.6 is 0 Å². The van der Waals surface area contributed by atoms with Crippen molar-refractivity contribution in [1.29, 1.82) is 0 Å². The predicted molar refractivity (Wildman–Crippen MR) is 64.1 cm³/mol. The molecule has 0 aliphatic rings. The summed E-state index contributed by atoms with van der Waals surface area (Å²) in [7, 11) is 4.69. The summed E-state index contributed by atoms with van der Waals surface area (Å²) in [6.45, 7) is 1.75. The van der Waals surface area contributed by atoms with Crippen LogP contribution in [0.15, 0.2) is 16.7 Å². The second kappa shape index (κ2) is 4.95. The number of aryl methyl sites for hydroxylation is 1. The normalized spacial score (nSPS) is 10.2. The van der Waals surface area contributed by atoms with Gasteiger partial charge in [-0.1, -0.05) is 5.16 Å². The number of hydrogen-bond acceptors (Lipinski definition) is 6. The van der Waals surface area contributed by atoms with Gasteiger partial charge in [0.1, 0.15) is 5.75 Å². The lowest BCUT2D eigenvalue weighted by atomic mass is 10.1. The minimum Gasteiger partial charge on any atom is -0.496 e. The van der Waals surface area contributed by atoms with Gasteiger partial charge in [-0.3, -0.25) is 0 Å². The number of ether oxygens (including phenoxy) is 3. The maximum absolute atomic E-state index is 5.29. The van der Waals surface area contributed by atoms with Crippen molar-refractivity contribution in [3.8, 4) is 28.7 Å². The zero-order valence-electron chi connectivity index (χ0n) is 10.7. The summed E-state index contributed by atoms with van der Waals surface area (Å²) in [5.74, 6) is 2.67. The fourth-order valence-electron chi connectivity index (χ4n) is 1.60. The maximum Gasteiger partial charge on any atom is 0.261 e. The fourth-order valence-corrected chi connectivity index (χ4v) is 1.60. The molecule has 0 saturated heterocycles. The highest BCUT2D eigenvalue weighted by molar-refractivity contribution is 5.68. The molecule has 2 aromatic rings. The minimum atomic E-state index is 0.380. The van der Waals surface area contributed by atoms with Gasteiger partial charge < -0.3 is 18.7 Å². The average Bonchev–Trinajstić information content (AvgIpc) is 2.83. The van der Waals surface area contributed by atoms with Crippen molar-refractivity contribution in [3.05, 3.63) is 18.0 Å². The largest absolute Gasteiger partial charge is 0.496 e. The molecule has 1 aromatic carbocycles. The van der Waals surface area contributed by atoms with Gasteiger partial charge in [0, 0.05) is 12.1 Å². The second-order valence-corrected chi connectivity index (χ2v) is 3.55. The van der Waals surface area contributed by atoms with Gasteiger partial charge in [0.25, 0.3) is 5.89 Å². The van der Waals surface area contributed by atoms with Crippen molar-refractivity contribution in [3.63, 3.8) is 0 Å². The summed E-state index contributed by atoms with van der Waals surface area (Å²) in [6, 6.07) is 3.46. The molecule has 0 aliphatic carbocycles. The van der Waals surface area contributed by atoms with E-state index in [4.69, 9.17) is 18.7 Å². The maximum atomic E-state index is 5.29. The Morgan fingerprint density at radius 1 is 0.944 bits per heavy atom. The van der Waals surface area contributed by atoms with Gasteiger partial charge in [-0.15, -0.1) is 0 Å². The van der Waals surface area contributed by atoms with Gasteiger partial charge in [0.2, 0.25) is 0 Å². The first-order valence-corrected chi connectivity index (χ1v) is 5.30. The molecule has 0 unspecified atom stereocenters. The van der Waals surface area contributed by atoms with E-state index in [0.717, 1.165) is 0 Å². The van der Waals surface area contributed by atoms with Crippen LogP contribution in [0.3, 0.4) is 0 Å². The van der Waals surface area contributed by atoms with Crippen molar-refractivity contribution >= 4 is 0 Å². The zero-order chi connectivity index (χ0) is 13.1. The van der Waals surface area contributed by atoms with Crippen molar-refractivity contribution in [2.45, 2.75) is 6.92 Å². The molecule has 0 bridgehead atoms. The molecule has 6 nitrogen and oxygen atoms in total. The number of nitrogens with zero attached hydrogens (tertiary/aromatic N) is 2. The number of methoxy groups -OCH3 is 3. The average molecular weight is 250 g/mol. The van der Waals surface area contributed by atoms with Crippen molar-refractivity contribution in [2.24, 2.45) is 0 Å². The summed E-state index contributed by atoms with van der Waals surface area (Å²) < 4.78 is 20.9. The van der Waals surface area contributed by atoms with Crippen LogP contribution < -0.4 is 14.2 Å². The molecule has 0 spiro atoms. The molecule has 0 radical (unpaired) electrons. The van der Waals surface area contributed by atoms with Crippen molar-refractivity contribution < 1.29 is 18.7 Å². The van der Waals surface area contributed by atoms with Crippen molar-refractivity contribution in [1.82, 2.24) is 10.1 Å². The molecule has 18 heavy (non-hydrogen) atoms. The number of benzene rings is 1. The van der Waals surface area contributed by atoms with Gasteiger partial charge >= 0.3 is 0 Å². The van der Waals surface area contributed by atoms with Crippen LogP contribution in [0.1, 0.15) is 5.82 Å². The Bertz CT molecular complexity index is 551. The van der Waals surface area contributed by atoms with E-state index >= 15 is 0 Å². The van der Waals surface area contributed by atoms with E-state index in [1.807, 2.05) is 0 Å². The molecule has 0 N–H and O–H groups in total. The van der Waals surface area contributed by atoms with Crippen LogP contribution in [0, 0.1) is 6.92 Å². The molecule has 0 atom stereocenters. The van der Waals surface area contributed by atoms with Gasteiger partial charge in [-0.25, -0.2) is 0 Å². The highest BCUT2D eigenvalue weighted by atomic mass is 16.5. The van der Waals surface area contributed by atoms with Crippen LogP contribution in [0.5, 0.6) is 17.2 Å². The van der Waals surface area contributed by atoms with Crippen LogP contribution in [0.25, 0.3) is 11.5 Å². The molecule has 1 aromatic heterocycles. The van der Waals surface area contributed by atoms with E-state index in [1.54, 1.807) is 40.4 Å². The Balaban J connectivity index is 2.58. The summed E-state index contributed by atoms with van der Waals surface area (Å²) in [5, 5.41) is 3.75. The smallest absolute Gasteiger partial charge is 0.261 e. The fraction of sp³-hybridized carbons (Fsp3) is 0.333. The Labute approximate surface area is 104 Å². The molecule has 2 rings (SSSR count). The number of rotatable bonds is 4. The Hall–Kier alpha value is -2.24. The zero-order valence-corrected chi connectivity index (χ0v) is 10.7. The first-order chi connectivity index (χ1) is 8.69. The lowest BCUT2D eigenvalue weighted by molar-refractivity contribution is 0.348. The van der Waals surface area contributed by atoms with Crippen LogP contribution in [-0.2, 0) is 0 Å². The number of aromatic nitrogens is 2. The molecule has 6 heteroatoms. The van der Waals surface area contributed by atoms with Gasteiger partial charge in [0.15, 0.2) is 17.3 Å². The summed E-state index contributed by atoms with van der Waals surface area (Å²) in [5.41, 5.74) is 0.663. The van der Waals surface area contributed by atoms with Gasteiger partial charge in [-0.2, -0.15) is 4.98 Å². The van der Waals surface area contributed by atoms with E-state index in [9.17, 15) is 0 Å². The molecule has 96 valence electrons. The highest BCUT2D eigenvalue weighted by Gasteiger charge is 2.17. The molecule has 0 saturated carbocycles. The lowest BCUT2D eigenvalue weighted by Crippen LogP contribution is -1.95. The molecular formula is C12H14N2O4. The second-order valence-electron chi connectivity index (χ2n) is 3.55. The quantitative estimate of drug-likeness (QED) is 0.827. The molecule has 0 fully saturated rings. The third kappa shape index (κ3) is 2.09. The lowest BCUT2D eigenvalue weighted by Gasteiger charge is -2.11. The third-order valence-corrected chi connectivity index (χ3v) is 2.46. The Kier molecular flexibility index (Phi) is 3.36. The SMILES string of the molecule is COc1cc(OC)c(-c2nc(C)no2)cc1OC. The van der Waals surface area contributed by atoms with E-state index < -0.39 is 0 Å². The van der Waals surface area contributed by atoms with Crippen LogP contribution in [0.2, 0.25) is 0 Å². The number of hydrogen-bond donors (Lipinski definition) is 0. The Morgan fingerprint density at radius 3 is 2.06 bits per heavy atom. The van der Waals surface area contributed by atoms with Gasteiger partial charge in [0.05, 0.1) is 26.9 Å². The topological polar surface area (TPSA) is 66.6 Å². The van der Waals surface area contributed by atoms with E-state index in [2.05, 4.69) is 10.1 Å². The molecular weight excluding hydrogens is 236 g/mol. The summed E-state index contributed by atoms with van der Waals surface area (Å²) in [4.78, 5) is 4.17. The third-order valence-electron chi connectivity index (χ3n) is 2.46. The highest BCUT2D eigenvalue weighted by Crippen LogP contribution is 2.39. The summed E-state index contributed by atoms with van der Waals surface area (Å²) in [6.07, 6.45) is 0.